The normalized spacial score (nSPS) is 16.9. The van der Waals surface area contributed by atoms with Crippen molar-refractivity contribution in [3.05, 3.63) is 82.9 Å². The van der Waals surface area contributed by atoms with Crippen molar-refractivity contribution in [2.75, 3.05) is 19.7 Å². The van der Waals surface area contributed by atoms with Crippen molar-refractivity contribution in [2.24, 2.45) is 0 Å². The number of benzene rings is 2. The van der Waals surface area contributed by atoms with Gasteiger partial charge in [-0.1, -0.05) is 36.4 Å². The van der Waals surface area contributed by atoms with E-state index in [-0.39, 0.29) is 17.8 Å². The number of hydrogen-bond acceptors (Lipinski definition) is 4. The summed E-state index contributed by atoms with van der Waals surface area (Å²) in [4.78, 5) is 15.1. The van der Waals surface area contributed by atoms with Crippen LogP contribution < -0.4 is 5.32 Å². The predicted octanol–water partition coefficient (Wildman–Crippen LogP) is 3.47. The molecule has 1 saturated heterocycles. The van der Waals surface area contributed by atoms with E-state index in [0.29, 0.717) is 23.5 Å². The van der Waals surface area contributed by atoms with Crippen molar-refractivity contribution in [3.63, 3.8) is 0 Å². The molecule has 3 aromatic rings. The van der Waals surface area contributed by atoms with E-state index in [1.54, 1.807) is 25.1 Å². The number of morpholine rings is 1. The topological polar surface area (TPSA) is 59.4 Å². The number of hydrogen-bond donors (Lipinski definition) is 1. The highest BCUT2D eigenvalue weighted by atomic mass is 19.1. The van der Waals surface area contributed by atoms with Crippen LogP contribution in [0.5, 0.6) is 0 Å². The van der Waals surface area contributed by atoms with E-state index in [1.165, 1.54) is 22.5 Å². The number of para-hydroxylation sites is 1. The summed E-state index contributed by atoms with van der Waals surface area (Å²) in [6, 6.07) is 14.6. The quantitative estimate of drug-likeness (QED) is 0.661. The van der Waals surface area contributed by atoms with Gasteiger partial charge in [0, 0.05) is 26.2 Å². The van der Waals surface area contributed by atoms with Gasteiger partial charge < -0.3 is 10.1 Å². The lowest BCUT2D eigenvalue weighted by Crippen LogP contribution is -2.40. The minimum atomic E-state index is -0.382. The van der Waals surface area contributed by atoms with E-state index >= 15 is 0 Å². The van der Waals surface area contributed by atoms with Gasteiger partial charge in [0.15, 0.2) is 0 Å². The smallest absolute Gasteiger partial charge is 0.255 e. The second-order valence-corrected chi connectivity index (χ2v) is 7.93. The fourth-order valence-electron chi connectivity index (χ4n) is 3.91. The van der Waals surface area contributed by atoms with Gasteiger partial charge >= 0.3 is 0 Å². The number of amides is 1. The molecule has 1 aliphatic rings. The molecule has 0 aliphatic carbocycles. The van der Waals surface area contributed by atoms with Gasteiger partial charge in [-0.15, -0.1) is 0 Å². The SMILES string of the molecule is Cc1c(C(=O)NCc2cccc(CN3CCOC(C)C3)c2)cnn1-c1ccccc1F. The fraction of sp³-hybridized carbons (Fsp3) is 0.333. The summed E-state index contributed by atoms with van der Waals surface area (Å²) >= 11 is 0. The Bertz CT molecular complexity index is 1070. The summed E-state index contributed by atoms with van der Waals surface area (Å²) in [5, 5.41) is 7.16. The highest BCUT2D eigenvalue weighted by Crippen LogP contribution is 2.17. The van der Waals surface area contributed by atoms with Crippen LogP contribution in [-0.2, 0) is 17.8 Å². The first-order valence-electron chi connectivity index (χ1n) is 10.5. The molecule has 2 aromatic carbocycles. The molecular formula is C24H27FN4O2. The standard InChI is InChI=1S/C24H27FN4O2/c1-17-15-28(10-11-31-17)16-20-7-5-6-19(12-20)13-26-24(30)21-14-27-29(18(21)2)23-9-4-3-8-22(23)25/h3-9,12,14,17H,10-11,13,15-16H2,1-2H3,(H,26,30). The zero-order valence-electron chi connectivity index (χ0n) is 17.8. The molecule has 2 heterocycles. The summed E-state index contributed by atoms with van der Waals surface area (Å²) in [7, 11) is 0. The van der Waals surface area contributed by atoms with Gasteiger partial charge in [0.25, 0.3) is 5.91 Å². The van der Waals surface area contributed by atoms with E-state index in [2.05, 4.69) is 34.4 Å². The number of aromatic nitrogens is 2. The lowest BCUT2D eigenvalue weighted by atomic mass is 10.1. The Labute approximate surface area is 181 Å². The maximum absolute atomic E-state index is 14.1. The molecule has 0 saturated carbocycles. The van der Waals surface area contributed by atoms with E-state index in [9.17, 15) is 9.18 Å². The molecule has 7 heteroatoms. The maximum atomic E-state index is 14.1. The third kappa shape index (κ3) is 5.00. The first-order valence-corrected chi connectivity index (χ1v) is 10.5. The van der Waals surface area contributed by atoms with Crippen molar-refractivity contribution >= 4 is 5.91 Å². The highest BCUT2D eigenvalue weighted by Gasteiger charge is 2.18. The summed E-state index contributed by atoms with van der Waals surface area (Å²) in [6.45, 7) is 7.74. The first kappa shape index (κ1) is 21.2. The number of nitrogens with zero attached hydrogens (tertiary/aromatic N) is 3. The van der Waals surface area contributed by atoms with Gasteiger partial charge in [-0.05, 0) is 37.1 Å². The minimum Gasteiger partial charge on any atom is -0.376 e. The lowest BCUT2D eigenvalue weighted by Gasteiger charge is -2.31. The molecule has 0 radical (unpaired) electrons. The summed E-state index contributed by atoms with van der Waals surface area (Å²) in [5.74, 6) is -0.611. The Balaban J connectivity index is 1.40. The van der Waals surface area contributed by atoms with E-state index in [4.69, 9.17) is 4.74 Å². The summed E-state index contributed by atoms with van der Waals surface area (Å²) in [5.41, 5.74) is 3.60. The van der Waals surface area contributed by atoms with Crippen LogP contribution in [0.15, 0.2) is 54.7 Å². The van der Waals surface area contributed by atoms with Gasteiger partial charge in [0.1, 0.15) is 11.5 Å². The molecule has 1 N–H and O–H groups in total. The number of carbonyl (C=O) groups is 1. The second kappa shape index (κ2) is 9.41. The molecule has 0 bridgehead atoms. The van der Waals surface area contributed by atoms with Crippen molar-refractivity contribution in [1.29, 1.82) is 0 Å². The Hall–Kier alpha value is -3.03. The molecule has 0 spiro atoms. The Morgan fingerprint density at radius 1 is 1.23 bits per heavy atom. The molecule has 1 fully saturated rings. The summed E-state index contributed by atoms with van der Waals surface area (Å²) in [6.07, 6.45) is 1.73. The average Bonchev–Trinajstić information content (AvgIpc) is 3.14. The zero-order chi connectivity index (χ0) is 21.8. The summed E-state index contributed by atoms with van der Waals surface area (Å²) < 4.78 is 21.1. The third-order valence-electron chi connectivity index (χ3n) is 5.51. The molecule has 4 rings (SSSR count). The van der Waals surface area contributed by atoms with Crippen molar-refractivity contribution in [1.82, 2.24) is 20.0 Å². The minimum absolute atomic E-state index is 0.229. The van der Waals surface area contributed by atoms with Crippen LogP contribution in [0.3, 0.4) is 0 Å². The van der Waals surface area contributed by atoms with Crippen LogP contribution in [-0.4, -0.2) is 46.4 Å². The average molecular weight is 423 g/mol. The number of nitrogens with one attached hydrogen (secondary N) is 1. The Morgan fingerprint density at radius 3 is 2.84 bits per heavy atom. The molecular weight excluding hydrogens is 395 g/mol. The van der Waals surface area contributed by atoms with E-state index in [0.717, 1.165) is 31.8 Å². The molecule has 1 unspecified atom stereocenters. The highest BCUT2D eigenvalue weighted by molar-refractivity contribution is 5.95. The van der Waals surface area contributed by atoms with Gasteiger partial charge in [-0.3, -0.25) is 9.69 Å². The molecule has 1 amide bonds. The molecule has 31 heavy (non-hydrogen) atoms. The number of carbonyl (C=O) groups excluding carboxylic acids is 1. The van der Waals surface area contributed by atoms with Gasteiger partial charge in [0.05, 0.1) is 30.2 Å². The number of ether oxygens (including phenoxy) is 1. The molecule has 1 aliphatic heterocycles. The molecule has 162 valence electrons. The maximum Gasteiger partial charge on any atom is 0.255 e. The number of halogens is 1. The van der Waals surface area contributed by atoms with Gasteiger partial charge in [-0.25, -0.2) is 9.07 Å². The van der Waals surface area contributed by atoms with Crippen molar-refractivity contribution < 1.29 is 13.9 Å². The fourth-order valence-corrected chi connectivity index (χ4v) is 3.91. The van der Waals surface area contributed by atoms with Gasteiger partial charge in [0.2, 0.25) is 0 Å². The van der Waals surface area contributed by atoms with Gasteiger partial charge in [-0.2, -0.15) is 5.10 Å². The molecule has 1 atom stereocenters. The predicted molar refractivity (Wildman–Crippen MR) is 117 cm³/mol. The van der Waals surface area contributed by atoms with Crippen LogP contribution >= 0.6 is 0 Å². The van der Waals surface area contributed by atoms with Crippen molar-refractivity contribution in [2.45, 2.75) is 33.0 Å². The van der Waals surface area contributed by atoms with Crippen molar-refractivity contribution in [3.8, 4) is 5.69 Å². The first-order chi connectivity index (χ1) is 15.0. The number of rotatable bonds is 6. The second-order valence-electron chi connectivity index (χ2n) is 7.93. The largest absolute Gasteiger partial charge is 0.376 e. The monoisotopic (exact) mass is 422 g/mol. The molecule has 1 aromatic heterocycles. The van der Waals surface area contributed by atoms with Crippen LogP contribution in [0.2, 0.25) is 0 Å². The van der Waals surface area contributed by atoms with Crippen LogP contribution in [0.4, 0.5) is 4.39 Å². The van der Waals surface area contributed by atoms with E-state index in [1.807, 2.05) is 12.1 Å². The van der Waals surface area contributed by atoms with E-state index < -0.39 is 0 Å². The Morgan fingerprint density at radius 2 is 2.03 bits per heavy atom. The molecule has 6 nitrogen and oxygen atoms in total. The lowest BCUT2D eigenvalue weighted by molar-refractivity contribution is -0.0212. The zero-order valence-corrected chi connectivity index (χ0v) is 17.8. The van der Waals surface area contributed by atoms with Crippen LogP contribution in [0.1, 0.15) is 34.1 Å². The Kier molecular flexibility index (Phi) is 6.44. The van der Waals surface area contributed by atoms with Crippen LogP contribution in [0, 0.1) is 12.7 Å². The van der Waals surface area contributed by atoms with Crippen LogP contribution in [0.25, 0.3) is 5.69 Å². The third-order valence-corrected chi connectivity index (χ3v) is 5.51.